The zero-order valence-electron chi connectivity index (χ0n) is 15.2. The van der Waals surface area contributed by atoms with Crippen molar-refractivity contribution < 1.29 is 22.7 Å². The number of hydrogen-bond acceptors (Lipinski definition) is 5. The van der Waals surface area contributed by atoms with Gasteiger partial charge in [-0.3, -0.25) is 9.52 Å². The van der Waals surface area contributed by atoms with Crippen molar-refractivity contribution in [1.82, 2.24) is 5.32 Å². The predicted molar refractivity (Wildman–Crippen MR) is 103 cm³/mol. The molecule has 1 amide bonds. The van der Waals surface area contributed by atoms with E-state index in [4.69, 9.17) is 9.47 Å². The zero-order valence-corrected chi connectivity index (χ0v) is 16.0. The Morgan fingerprint density at radius 1 is 1.07 bits per heavy atom. The molecule has 0 saturated heterocycles. The monoisotopic (exact) mass is 390 g/mol. The molecule has 0 aliphatic carbocycles. The summed E-state index contributed by atoms with van der Waals surface area (Å²) in [6.07, 6.45) is 0. The van der Waals surface area contributed by atoms with Gasteiger partial charge in [-0.2, -0.15) is 0 Å². The summed E-state index contributed by atoms with van der Waals surface area (Å²) in [7, 11) is -3.34. The van der Waals surface area contributed by atoms with E-state index in [0.29, 0.717) is 36.0 Å². The Morgan fingerprint density at radius 2 is 1.74 bits per heavy atom. The van der Waals surface area contributed by atoms with Gasteiger partial charge in [0.15, 0.2) is 11.5 Å². The second-order valence-electron chi connectivity index (χ2n) is 6.18. The Kier molecular flexibility index (Phi) is 5.55. The first kappa shape index (κ1) is 19.0. The summed E-state index contributed by atoms with van der Waals surface area (Å²) in [6.45, 7) is 4.48. The van der Waals surface area contributed by atoms with Crippen molar-refractivity contribution in [1.29, 1.82) is 0 Å². The molecule has 3 rings (SSSR count). The fraction of sp³-hybridized carbons (Fsp3) is 0.316. The minimum atomic E-state index is -3.34. The summed E-state index contributed by atoms with van der Waals surface area (Å²) in [4.78, 5) is 12.5. The van der Waals surface area contributed by atoms with Gasteiger partial charge in [-0.15, -0.1) is 0 Å². The maximum Gasteiger partial charge on any atom is 0.251 e. The second kappa shape index (κ2) is 7.87. The lowest BCUT2D eigenvalue weighted by atomic mass is 10.1. The number of carbonyl (C=O) groups excluding carboxylic acids is 1. The van der Waals surface area contributed by atoms with Gasteiger partial charge < -0.3 is 14.8 Å². The van der Waals surface area contributed by atoms with E-state index in [1.807, 2.05) is 25.1 Å². The molecule has 1 heterocycles. The lowest BCUT2D eigenvalue weighted by Gasteiger charge is -2.21. The molecule has 0 bridgehead atoms. The molecule has 2 aromatic carbocycles. The van der Waals surface area contributed by atoms with Gasteiger partial charge >= 0.3 is 0 Å². The number of benzene rings is 2. The van der Waals surface area contributed by atoms with Crippen molar-refractivity contribution in [2.45, 2.75) is 19.9 Å². The third-order valence-corrected chi connectivity index (χ3v) is 5.52. The van der Waals surface area contributed by atoms with Crippen molar-refractivity contribution in [3.05, 3.63) is 53.6 Å². The van der Waals surface area contributed by atoms with Crippen LogP contribution in [0.1, 0.15) is 35.8 Å². The summed E-state index contributed by atoms with van der Waals surface area (Å²) in [6, 6.07) is 11.7. The molecule has 2 aromatic rings. The van der Waals surface area contributed by atoms with E-state index in [1.54, 1.807) is 31.2 Å². The van der Waals surface area contributed by atoms with Crippen LogP contribution in [0, 0.1) is 0 Å². The van der Waals surface area contributed by atoms with Crippen LogP contribution < -0.4 is 19.5 Å². The quantitative estimate of drug-likeness (QED) is 0.791. The standard InChI is InChI=1S/C19H22N2O5S/c1-3-27(23,24)21-16-7-4-14(5-8-16)19(22)20-13(2)15-6-9-17-18(12-15)26-11-10-25-17/h4-9,12-13,21H,3,10-11H2,1-2H3,(H,20,22)/t13-/m0/s1. The lowest BCUT2D eigenvalue weighted by molar-refractivity contribution is 0.0939. The minimum Gasteiger partial charge on any atom is -0.486 e. The highest BCUT2D eigenvalue weighted by molar-refractivity contribution is 7.92. The van der Waals surface area contributed by atoms with Crippen LogP contribution in [-0.4, -0.2) is 33.3 Å². The highest BCUT2D eigenvalue weighted by atomic mass is 32.2. The van der Waals surface area contributed by atoms with Crippen LogP contribution in [-0.2, 0) is 10.0 Å². The van der Waals surface area contributed by atoms with Gasteiger partial charge in [-0.25, -0.2) is 8.42 Å². The van der Waals surface area contributed by atoms with E-state index in [9.17, 15) is 13.2 Å². The van der Waals surface area contributed by atoms with Gasteiger partial charge in [0.25, 0.3) is 5.91 Å². The molecular formula is C19H22N2O5S. The normalized spacial score (nSPS) is 14.3. The van der Waals surface area contributed by atoms with Crippen LogP contribution in [0.2, 0.25) is 0 Å². The van der Waals surface area contributed by atoms with Crippen molar-refractivity contribution in [3.63, 3.8) is 0 Å². The predicted octanol–water partition coefficient (Wildman–Crippen LogP) is 2.71. The highest BCUT2D eigenvalue weighted by Crippen LogP contribution is 2.32. The van der Waals surface area contributed by atoms with Crippen LogP contribution in [0.3, 0.4) is 0 Å². The molecule has 1 aliphatic heterocycles. The molecule has 7 nitrogen and oxygen atoms in total. The van der Waals surface area contributed by atoms with Crippen LogP contribution in [0.5, 0.6) is 11.5 Å². The fourth-order valence-corrected chi connectivity index (χ4v) is 3.27. The highest BCUT2D eigenvalue weighted by Gasteiger charge is 2.16. The first-order valence-electron chi connectivity index (χ1n) is 8.69. The van der Waals surface area contributed by atoms with Gasteiger partial charge in [0.2, 0.25) is 10.0 Å². The third-order valence-electron chi connectivity index (χ3n) is 4.21. The summed E-state index contributed by atoms with van der Waals surface area (Å²) in [5.74, 6) is 1.12. The van der Waals surface area contributed by atoms with Crippen LogP contribution in [0.15, 0.2) is 42.5 Å². The Balaban J connectivity index is 1.66. The summed E-state index contributed by atoms with van der Waals surface area (Å²) >= 11 is 0. The van der Waals surface area contributed by atoms with Gasteiger partial charge in [0.1, 0.15) is 13.2 Å². The smallest absolute Gasteiger partial charge is 0.251 e. The number of hydrogen-bond donors (Lipinski definition) is 2. The Bertz CT molecular complexity index is 926. The molecule has 0 saturated carbocycles. The first-order valence-corrected chi connectivity index (χ1v) is 10.3. The lowest BCUT2D eigenvalue weighted by Crippen LogP contribution is -2.27. The molecule has 0 spiro atoms. The van der Waals surface area contributed by atoms with E-state index in [0.717, 1.165) is 5.56 Å². The number of amides is 1. The number of sulfonamides is 1. The van der Waals surface area contributed by atoms with E-state index in [1.165, 1.54) is 0 Å². The van der Waals surface area contributed by atoms with Crippen molar-refractivity contribution >= 4 is 21.6 Å². The Labute approximate surface area is 158 Å². The third kappa shape index (κ3) is 4.71. The molecule has 0 fully saturated rings. The molecule has 0 unspecified atom stereocenters. The summed E-state index contributed by atoms with van der Waals surface area (Å²) in [5.41, 5.74) is 1.77. The van der Waals surface area contributed by atoms with Crippen molar-refractivity contribution in [3.8, 4) is 11.5 Å². The molecule has 2 N–H and O–H groups in total. The molecule has 144 valence electrons. The van der Waals surface area contributed by atoms with Crippen LogP contribution >= 0.6 is 0 Å². The fourth-order valence-electron chi connectivity index (χ4n) is 2.63. The summed E-state index contributed by atoms with van der Waals surface area (Å²) < 4.78 is 36.7. The number of ether oxygens (including phenoxy) is 2. The maximum absolute atomic E-state index is 12.5. The van der Waals surface area contributed by atoms with Gasteiger partial charge in [-0.05, 0) is 55.8 Å². The molecule has 0 radical (unpaired) electrons. The van der Waals surface area contributed by atoms with Crippen molar-refractivity contribution in [2.75, 3.05) is 23.7 Å². The molecule has 1 aliphatic rings. The van der Waals surface area contributed by atoms with E-state index < -0.39 is 10.0 Å². The van der Waals surface area contributed by atoms with E-state index in [2.05, 4.69) is 10.0 Å². The van der Waals surface area contributed by atoms with E-state index in [-0.39, 0.29) is 17.7 Å². The van der Waals surface area contributed by atoms with Crippen LogP contribution in [0.25, 0.3) is 0 Å². The molecule has 27 heavy (non-hydrogen) atoms. The number of nitrogens with one attached hydrogen (secondary N) is 2. The largest absolute Gasteiger partial charge is 0.486 e. The van der Waals surface area contributed by atoms with Crippen LogP contribution in [0.4, 0.5) is 5.69 Å². The second-order valence-corrected chi connectivity index (χ2v) is 8.19. The van der Waals surface area contributed by atoms with Crippen molar-refractivity contribution in [2.24, 2.45) is 0 Å². The topological polar surface area (TPSA) is 93.7 Å². The Hall–Kier alpha value is -2.74. The summed E-state index contributed by atoms with van der Waals surface area (Å²) in [5, 5.41) is 2.92. The first-order chi connectivity index (χ1) is 12.9. The number of carbonyl (C=O) groups is 1. The maximum atomic E-state index is 12.5. The SMILES string of the molecule is CCS(=O)(=O)Nc1ccc(C(=O)N[C@@H](C)c2ccc3c(c2)OCCO3)cc1. The molecule has 8 heteroatoms. The minimum absolute atomic E-state index is 0.0116. The van der Waals surface area contributed by atoms with Gasteiger partial charge in [0.05, 0.1) is 11.8 Å². The molecule has 1 atom stereocenters. The zero-order chi connectivity index (χ0) is 19.4. The molecule has 0 aromatic heterocycles. The van der Waals surface area contributed by atoms with E-state index >= 15 is 0 Å². The van der Waals surface area contributed by atoms with Gasteiger partial charge in [0, 0.05) is 11.3 Å². The molecular weight excluding hydrogens is 368 g/mol. The van der Waals surface area contributed by atoms with Gasteiger partial charge in [-0.1, -0.05) is 6.07 Å². The average Bonchev–Trinajstić information content (AvgIpc) is 2.67. The number of fused-ring (bicyclic) bond motifs is 1. The average molecular weight is 390 g/mol. The number of anilines is 1. The number of rotatable bonds is 6. The Morgan fingerprint density at radius 3 is 2.41 bits per heavy atom.